The Hall–Kier alpha value is -1.39. The van der Waals surface area contributed by atoms with Crippen LogP contribution in [0.4, 0.5) is 0 Å². The summed E-state index contributed by atoms with van der Waals surface area (Å²) in [7, 11) is 1.71. The third-order valence-electron chi connectivity index (χ3n) is 4.91. The highest BCUT2D eigenvalue weighted by molar-refractivity contribution is 14.0. The van der Waals surface area contributed by atoms with Crippen molar-refractivity contribution in [2.24, 2.45) is 4.99 Å². The molecule has 2 rings (SSSR count). The van der Waals surface area contributed by atoms with Crippen LogP contribution in [0.5, 0.6) is 0 Å². The molecule has 1 fully saturated rings. The number of halogens is 1. The Morgan fingerprint density at radius 3 is 2.45 bits per heavy atom. The van der Waals surface area contributed by atoms with Gasteiger partial charge >= 0.3 is 0 Å². The summed E-state index contributed by atoms with van der Waals surface area (Å²) in [6, 6.07) is 10.6. The number of piperidine rings is 1. The third kappa shape index (κ3) is 12.3. The molecule has 0 spiro atoms. The van der Waals surface area contributed by atoms with Crippen LogP contribution >= 0.6 is 24.0 Å². The van der Waals surface area contributed by atoms with Crippen molar-refractivity contribution in [3.63, 3.8) is 0 Å². The molecule has 1 aliphatic heterocycles. The van der Waals surface area contributed by atoms with E-state index in [9.17, 15) is 4.79 Å². The fraction of sp³-hybridized carbons (Fsp3) is 0.652. The number of benzene rings is 1. The predicted octanol–water partition coefficient (Wildman–Crippen LogP) is 2.76. The third-order valence-corrected chi connectivity index (χ3v) is 4.91. The molecule has 31 heavy (non-hydrogen) atoms. The minimum atomic E-state index is -0.231. The Morgan fingerprint density at radius 2 is 1.84 bits per heavy atom. The maximum Gasteiger partial charge on any atom is 0.239 e. The molecule has 1 aromatic carbocycles. The predicted molar refractivity (Wildman–Crippen MR) is 138 cm³/mol. The number of carbonyl (C=O) groups is 1. The summed E-state index contributed by atoms with van der Waals surface area (Å²) >= 11 is 0. The van der Waals surface area contributed by atoms with E-state index < -0.39 is 0 Å². The van der Waals surface area contributed by atoms with Gasteiger partial charge in [-0.25, -0.2) is 0 Å². The van der Waals surface area contributed by atoms with E-state index in [0.29, 0.717) is 12.1 Å². The second-order valence-corrected chi connectivity index (χ2v) is 8.84. The number of carbonyl (C=O) groups excluding carboxylic acids is 1. The maximum atomic E-state index is 11.9. The lowest BCUT2D eigenvalue weighted by Crippen LogP contribution is -2.48. The van der Waals surface area contributed by atoms with Crippen molar-refractivity contribution in [1.29, 1.82) is 0 Å². The van der Waals surface area contributed by atoms with Crippen molar-refractivity contribution in [2.75, 3.05) is 39.8 Å². The topological polar surface area (TPSA) is 78.0 Å². The Balaban J connectivity index is 0.00000480. The molecule has 0 radical (unpaired) electrons. The summed E-state index contributed by atoms with van der Waals surface area (Å²) in [6.07, 6.45) is 3.44. The van der Waals surface area contributed by atoms with Crippen molar-refractivity contribution in [2.45, 2.75) is 58.2 Å². The molecular weight excluding hydrogens is 505 g/mol. The van der Waals surface area contributed by atoms with Crippen molar-refractivity contribution < 1.29 is 9.53 Å². The van der Waals surface area contributed by atoms with Gasteiger partial charge in [0.25, 0.3) is 0 Å². The van der Waals surface area contributed by atoms with Crippen LogP contribution in [0.25, 0.3) is 0 Å². The van der Waals surface area contributed by atoms with Gasteiger partial charge in [-0.3, -0.25) is 14.7 Å². The number of aliphatic imine (C=N–C) groups is 1. The molecule has 1 heterocycles. The van der Waals surface area contributed by atoms with E-state index in [4.69, 9.17) is 4.74 Å². The van der Waals surface area contributed by atoms with Crippen LogP contribution in [-0.2, 0) is 16.1 Å². The summed E-state index contributed by atoms with van der Waals surface area (Å²) in [5.74, 6) is 0.584. The van der Waals surface area contributed by atoms with E-state index in [1.807, 2.05) is 20.8 Å². The molecule has 0 atom stereocenters. The summed E-state index contributed by atoms with van der Waals surface area (Å²) < 4.78 is 6.06. The zero-order chi connectivity index (χ0) is 21.8. The normalized spacial score (nSPS) is 15.8. The number of amides is 1. The van der Waals surface area contributed by atoms with Crippen LogP contribution in [0.3, 0.4) is 0 Å². The molecular formula is C23H40IN5O2. The number of nitrogens with zero attached hydrogens (tertiary/aromatic N) is 2. The number of hydrogen-bond donors (Lipinski definition) is 3. The average molecular weight is 546 g/mol. The van der Waals surface area contributed by atoms with E-state index in [0.717, 1.165) is 52.0 Å². The minimum absolute atomic E-state index is 0. The minimum Gasteiger partial charge on any atom is -0.378 e. The van der Waals surface area contributed by atoms with Gasteiger partial charge in [-0.1, -0.05) is 30.3 Å². The summed E-state index contributed by atoms with van der Waals surface area (Å²) in [4.78, 5) is 18.5. The van der Waals surface area contributed by atoms with Crippen LogP contribution in [0.1, 0.15) is 45.6 Å². The van der Waals surface area contributed by atoms with Crippen molar-refractivity contribution >= 4 is 35.8 Å². The molecule has 3 N–H and O–H groups in total. The number of rotatable bonds is 9. The number of ether oxygens (including phenoxy) is 1. The monoisotopic (exact) mass is 545 g/mol. The smallest absolute Gasteiger partial charge is 0.239 e. The molecule has 0 aromatic heterocycles. The van der Waals surface area contributed by atoms with E-state index in [1.54, 1.807) is 7.05 Å². The Bertz CT molecular complexity index is 656. The first-order valence-electron chi connectivity index (χ1n) is 11.0. The van der Waals surface area contributed by atoms with Gasteiger partial charge in [0.05, 0.1) is 12.6 Å². The summed E-state index contributed by atoms with van der Waals surface area (Å²) in [5, 5.41) is 9.19. The van der Waals surface area contributed by atoms with Gasteiger partial charge in [-0.2, -0.15) is 0 Å². The molecule has 1 amide bonds. The standard InChI is InChI=1S/C23H39N5O2.HI/c1-23(2,3)27-21(29)17-26-22(24-4)25-13-8-16-30-20-11-14-28(15-12-20)18-19-9-6-5-7-10-19;/h5-7,9-10,20H,8,11-18H2,1-4H3,(H,27,29)(H2,24,25,26);1H. The van der Waals surface area contributed by atoms with Gasteiger partial charge in [0.2, 0.25) is 5.91 Å². The molecule has 0 saturated carbocycles. The zero-order valence-corrected chi connectivity index (χ0v) is 21.8. The molecule has 1 aromatic rings. The quantitative estimate of drug-likeness (QED) is 0.193. The largest absolute Gasteiger partial charge is 0.378 e. The van der Waals surface area contributed by atoms with Crippen LogP contribution in [0, 0.1) is 0 Å². The maximum absolute atomic E-state index is 11.9. The van der Waals surface area contributed by atoms with Gasteiger partial charge in [-0.15, -0.1) is 24.0 Å². The van der Waals surface area contributed by atoms with E-state index in [1.165, 1.54) is 5.56 Å². The van der Waals surface area contributed by atoms with Crippen LogP contribution in [0.15, 0.2) is 35.3 Å². The van der Waals surface area contributed by atoms with E-state index >= 15 is 0 Å². The highest BCUT2D eigenvalue weighted by atomic mass is 127. The highest BCUT2D eigenvalue weighted by Gasteiger charge is 2.19. The first-order chi connectivity index (χ1) is 14.4. The summed E-state index contributed by atoms with van der Waals surface area (Å²) in [6.45, 7) is 10.8. The number of hydrogen-bond acceptors (Lipinski definition) is 4. The molecule has 8 heteroatoms. The average Bonchev–Trinajstić information content (AvgIpc) is 2.71. The highest BCUT2D eigenvalue weighted by Crippen LogP contribution is 2.16. The Kier molecular flexibility index (Phi) is 13.0. The van der Waals surface area contributed by atoms with E-state index in [2.05, 4.69) is 56.2 Å². The fourth-order valence-electron chi connectivity index (χ4n) is 3.45. The first kappa shape index (κ1) is 27.6. The number of nitrogens with one attached hydrogen (secondary N) is 3. The van der Waals surface area contributed by atoms with E-state index in [-0.39, 0.29) is 42.0 Å². The van der Waals surface area contributed by atoms with Crippen LogP contribution < -0.4 is 16.0 Å². The molecule has 0 unspecified atom stereocenters. The summed E-state index contributed by atoms with van der Waals surface area (Å²) in [5.41, 5.74) is 1.14. The second-order valence-electron chi connectivity index (χ2n) is 8.84. The lowest BCUT2D eigenvalue weighted by molar-refractivity contribution is -0.121. The molecule has 1 saturated heterocycles. The van der Waals surface area contributed by atoms with Crippen LogP contribution in [-0.4, -0.2) is 68.2 Å². The van der Waals surface area contributed by atoms with Crippen molar-refractivity contribution in [3.8, 4) is 0 Å². The van der Waals surface area contributed by atoms with Crippen LogP contribution in [0.2, 0.25) is 0 Å². The fourth-order valence-corrected chi connectivity index (χ4v) is 3.45. The zero-order valence-electron chi connectivity index (χ0n) is 19.4. The second kappa shape index (κ2) is 14.6. The Labute approximate surface area is 204 Å². The van der Waals surface area contributed by atoms with Crippen molar-refractivity contribution in [1.82, 2.24) is 20.9 Å². The Morgan fingerprint density at radius 1 is 1.16 bits per heavy atom. The van der Waals surface area contributed by atoms with Gasteiger partial charge in [-0.05, 0) is 45.6 Å². The SMILES string of the molecule is CN=C(NCCCOC1CCN(Cc2ccccc2)CC1)NCC(=O)NC(C)(C)C.I. The first-order valence-corrected chi connectivity index (χ1v) is 11.0. The van der Waals surface area contributed by atoms with Gasteiger partial charge < -0.3 is 20.7 Å². The molecule has 176 valence electrons. The molecule has 0 bridgehead atoms. The van der Waals surface area contributed by atoms with Gasteiger partial charge in [0.1, 0.15) is 0 Å². The molecule has 1 aliphatic rings. The van der Waals surface area contributed by atoms with Gasteiger partial charge in [0, 0.05) is 45.4 Å². The molecule has 0 aliphatic carbocycles. The lowest BCUT2D eigenvalue weighted by atomic mass is 10.1. The molecule has 7 nitrogen and oxygen atoms in total. The number of guanidine groups is 1. The number of likely N-dealkylation sites (tertiary alicyclic amines) is 1. The van der Waals surface area contributed by atoms with Gasteiger partial charge in [0.15, 0.2) is 5.96 Å². The van der Waals surface area contributed by atoms with Crippen molar-refractivity contribution in [3.05, 3.63) is 35.9 Å². The lowest BCUT2D eigenvalue weighted by Gasteiger charge is -2.32.